The summed E-state index contributed by atoms with van der Waals surface area (Å²) in [6.45, 7) is 0. The fraction of sp³-hybridized carbons (Fsp3) is 0.0333. The van der Waals surface area contributed by atoms with Crippen molar-refractivity contribution < 1.29 is 10.2 Å². The van der Waals surface area contributed by atoms with Gasteiger partial charge in [-0.1, -0.05) is 90.7 Å². The highest BCUT2D eigenvalue weighted by Gasteiger charge is 2.29. The summed E-state index contributed by atoms with van der Waals surface area (Å²) < 4.78 is 0. The second kappa shape index (κ2) is 8.86. The van der Waals surface area contributed by atoms with Gasteiger partial charge in [0.1, 0.15) is 16.9 Å². The second-order valence-electron chi connectivity index (χ2n) is 8.42. The number of nitrogens with zero attached hydrogens (tertiary/aromatic N) is 1. The molecule has 0 amide bonds. The van der Waals surface area contributed by atoms with E-state index in [4.69, 9.17) is 12.2 Å². The van der Waals surface area contributed by atoms with Gasteiger partial charge >= 0.3 is 0 Å². The molecule has 1 unspecified atom stereocenters. The van der Waals surface area contributed by atoms with Crippen LogP contribution in [0, 0.1) is 0 Å². The van der Waals surface area contributed by atoms with E-state index in [2.05, 4.69) is 29.2 Å². The molecule has 1 heterocycles. The van der Waals surface area contributed by atoms with Crippen LogP contribution in [0.4, 0.5) is 11.4 Å². The summed E-state index contributed by atoms with van der Waals surface area (Å²) in [7, 11) is 0. The SMILES string of the molecule is OC1=C(C=CC=CC(=S)N2c3ccccc3Sc3ccccc32)C(O)c2cc3ccccc3cc21. The molecule has 0 saturated carbocycles. The number of rotatable bonds is 3. The molecule has 0 bridgehead atoms. The molecule has 170 valence electrons. The molecule has 6 rings (SSSR count). The summed E-state index contributed by atoms with van der Waals surface area (Å²) in [5, 5.41) is 23.7. The van der Waals surface area contributed by atoms with Crippen LogP contribution < -0.4 is 4.90 Å². The molecule has 5 heteroatoms. The Kier molecular flexibility index (Phi) is 5.53. The van der Waals surface area contributed by atoms with Crippen molar-refractivity contribution in [2.24, 2.45) is 0 Å². The summed E-state index contributed by atoms with van der Waals surface area (Å²) in [6, 6.07) is 28.3. The van der Waals surface area contributed by atoms with Crippen molar-refractivity contribution in [3.63, 3.8) is 0 Å². The first-order valence-electron chi connectivity index (χ1n) is 11.3. The van der Waals surface area contributed by atoms with Crippen LogP contribution in [0.3, 0.4) is 0 Å². The van der Waals surface area contributed by atoms with Gasteiger partial charge in [0.25, 0.3) is 0 Å². The lowest BCUT2D eigenvalue weighted by molar-refractivity contribution is 0.222. The van der Waals surface area contributed by atoms with Crippen LogP contribution in [0.2, 0.25) is 0 Å². The van der Waals surface area contributed by atoms with Gasteiger partial charge in [-0.3, -0.25) is 4.90 Å². The molecule has 4 aromatic carbocycles. The highest BCUT2D eigenvalue weighted by molar-refractivity contribution is 7.99. The van der Waals surface area contributed by atoms with Gasteiger partial charge in [0.2, 0.25) is 0 Å². The molecule has 0 spiro atoms. The minimum atomic E-state index is -0.871. The van der Waals surface area contributed by atoms with Crippen LogP contribution in [0.1, 0.15) is 17.2 Å². The highest BCUT2D eigenvalue weighted by Crippen LogP contribution is 2.48. The van der Waals surface area contributed by atoms with E-state index in [-0.39, 0.29) is 5.76 Å². The van der Waals surface area contributed by atoms with Crippen molar-refractivity contribution in [2.75, 3.05) is 4.90 Å². The van der Waals surface area contributed by atoms with Crippen molar-refractivity contribution >= 4 is 56.9 Å². The Morgan fingerprint density at radius 3 is 2.11 bits per heavy atom. The van der Waals surface area contributed by atoms with Gasteiger partial charge in [0, 0.05) is 20.9 Å². The van der Waals surface area contributed by atoms with E-state index in [1.165, 1.54) is 0 Å². The summed E-state index contributed by atoms with van der Waals surface area (Å²) in [6.07, 6.45) is 6.41. The molecule has 2 aliphatic rings. The van der Waals surface area contributed by atoms with E-state index in [9.17, 15) is 10.2 Å². The lowest BCUT2D eigenvalue weighted by Gasteiger charge is -2.31. The molecule has 0 fully saturated rings. The maximum atomic E-state index is 10.9. The number of hydrogen-bond acceptors (Lipinski definition) is 4. The number of aliphatic hydroxyl groups is 2. The Hall–Kier alpha value is -3.64. The number of hydrogen-bond donors (Lipinski definition) is 2. The van der Waals surface area contributed by atoms with Gasteiger partial charge in [-0.05, 0) is 58.8 Å². The standard InChI is InChI=1S/C30H21NO2S2/c32-29-21(30(33)23-18-20-10-2-1-9-19(20)17-22(23)29)11-3-8-16-28(34)31-24-12-4-6-14-26(24)35-27-15-7-5-13-25(27)31/h1-18,29,32-33H. The van der Waals surface area contributed by atoms with Crippen LogP contribution in [-0.2, 0) is 0 Å². The minimum absolute atomic E-state index is 0.112. The smallest absolute Gasteiger partial charge is 0.129 e. The van der Waals surface area contributed by atoms with Crippen molar-refractivity contribution in [1.29, 1.82) is 0 Å². The molecule has 0 radical (unpaired) electrons. The van der Waals surface area contributed by atoms with Crippen LogP contribution in [0.15, 0.2) is 125 Å². The molecular formula is C30H21NO2S2. The maximum Gasteiger partial charge on any atom is 0.129 e. The first-order chi connectivity index (χ1) is 17.1. The number of allylic oxidation sites excluding steroid dienone is 2. The van der Waals surface area contributed by atoms with Gasteiger partial charge in [-0.15, -0.1) is 0 Å². The van der Waals surface area contributed by atoms with Crippen molar-refractivity contribution in [3.05, 3.63) is 126 Å². The van der Waals surface area contributed by atoms with Gasteiger partial charge in [-0.25, -0.2) is 0 Å². The van der Waals surface area contributed by atoms with Crippen molar-refractivity contribution in [2.45, 2.75) is 15.9 Å². The van der Waals surface area contributed by atoms with E-state index < -0.39 is 6.10 Å². The Morgan fingerprint density at radius 2 is 1.43 bits per heavy atom. The van der Waals surface area contributed by atoms with Crippen LogP contribution in [0.25, 0.3) is 16.5 Å². The monoisotopic (exact) mass is 491 g/mol. The van der Waals surface area contributed by atoms with Gasteiger partial charge in [0.15, 0.2) is 0 Å². The van der Waals surface area contributed by atoms with Gasteiger partial charge in [0.05, 0.1) is 11.4 Å². The van der Waals surface area contributed by atoms with E-state index in [0.29, 0.717) is 16.1 Å². The molecule has 1 aliphatic carbocycles. The average molecular weight is 492 g/mol. The van der Waals surface area contributed by atoms with Gasteiger partial charge < -0.3 is 10.2 Å². The zero-order valence-corrected chi connectivity index (χ0v) is 20.3. The summed E-state index contributed by atoms with van der Waals surface area (Å²) >= 11 is 7.55. The summed E-state index contributed by atoms with van der Waals surface area (Å²) in [5.41, 5.74) is 4.00. The first kappa shape index (κ1) is 21.9. The third-order valence-electron chi connectivity index (χ3n) is 6.31. The molecule has 2 N–H and O–H groups in total. The number of thiocarbonyl (C=S) groups is 1. The number of aliphatic hydroxyl groups excluding tert-OH is 2. The zero-order chi connectivity index (χ0) is 23.9. The first-order valence-corrected chi connectivity index (χ1v) is 12.5. The fourth-order valence-electron chi connectivity index (χ4n) is 4.63. The Balaban J connectivity index is 1.27. The lowest BCUT2D eigenvalue weighted by atomic mass is 10.0. The fourth-order valence-corrected chi connectivity index (χ4v) is 5.96. The third-order valence-corrected chi connectivity index (χ3v) is 7.76. The van der Waals surface area contributed by atoms with Crippen LogP contribution >= 0.6 is 24.0 Å². The highest BCUT2D eigenvalue weighted by atomic mass is 32.2. The largest absolute Gasteiger partial charge is 0.507 e. The average Bonchev–Trinajstić information content (AvgIpc) is 3.12. The summed E-state index contributed by atoms with van der Waals surface area (Å²) in [5.74, 6) is 0.112. The number of benzene rings is 4. The normalized spacial score (nSPS) is 16.7. The molecule has 3 nitrogen and oxygen atoms in total. The van der Waals surface area contributed by atoms with Crippen molar-refractivity contribution in [1.82, 2.24) is 0 Å². The van der Waals surface area contributed by atoms with Gasteiger partial charge in [-0.2, -0.15) is 0 Å². The lowest BCUT2D eigenvalue weighted by Crippen LogP contribution is -2.25. The molecule has 0 saturated heterocycles. The van der Waals surface area contributed by atoms with E-state index in [1.807, 2.05) is 78.9 Å². The number of fused-ring (bicyclic) bond motifs is 4. The molecule has 1 atom stereocenters. The molecule has 1 aliphatic heterocycles. The molecular weight excluding hydrogens is 470 g/mol. The van der Waals surface area contributed by atoms with E-state index in [0.717, 1.165) is 37.5 Å². The Morgan fingerprint density at radius 1 is 0.829 bits per heavy atom. The predicted octanol–water partition coefficient (Wildman–Crippen LogP) is 7.90. The predicted molar refractivity (Wildman–Crippen MR) is 148 cm³/mol. The van der Waals surface area contributed by atoms with Crippen LogP contribution in [-0.4, -0.2) is 15.2 Å². The molecule has 0 aromatic heterocycles. The minimum Gasteiger partial charge on any atom is -0.507 e. The Bertz CT molecular complexity index is 1540. The quantitative estimate of drug-likeness (QED) is 0.173. The maximum absolute atomic E-state index is 10.9. The second-order valence-corrected chi connectivity index (χ2v) is 9.92. The zero-order valence-electron chi connectivity index (χ0n) is 18.6. The number of para-hydroxylation sites is 2. The Labute approximate surface area is 213 Å². The molecule has 4 aromatic rings. The topological polar surface area (TPSA) is 43.7 Å². The third kappa shape index (κ3) is 3.78. The number of anilines is 2. The summed E-state index contributed by atoms with van der Waals surface area (Å²) in [4.78, 5) is 5.07. The van der Waals surface area contributed by atoms with Crippen LogP contribution in [0.5, 0.6) is 0 Å². The van der Waals surface area contributed by atoms with E-state index >= 15 is 0 Å². The van der Waals surface area contributed by atoms with E-state index in [1.54, 1.807) is 17.8 Å². The molecule has 35 heavy (non-hydrogen) atoms. The van der Waals surface area contributed by atoms with Crippen molar-refractivity contribution in [3.8, 4) is 0 Å².